The molecule has 2 N–H and O–H groups in total. The van der Waals surface area contributed by atoms with Crippen molar-refractivity contribution in [3.8, 4) is 0 Å². The molecule has 1 aliphatic rings. The number of carbonyl (C=O) groups is 1. The number of nitrogens with one attached hydrogen (secondary N) is 2. The summed E-state index contributed by atoms with van der Waals surface area (Å²) < 4.78 is 0. The van der Waals surface area contributed by atoms with Crippen molar-refractivity contribution in [1.29, 1.82) is 0 Å². The monoisotopic (exact) mass is 268 g/mol. The summed E-state index contributed by atoms with van der Waals surface area (Å²) in [5.41, 5.74) is 1.33. The molecule has 0 bridgehead atoms. The van der Waals surface area contributed by atoms with Crippen LogP contribution in [-0.2, 0) is 4.79 Å². The van der Waals surface area contributed by atoms with Crippen LogP contribution in [0.1, 0.15) is 24.8 Å². The van der Waals surface area contributed by atoms with Gasteiger partial charge in [-0.15, -0.1) is 12.4 Å². The van der Waals surface area contributed by atoms with Crippen LogP contribution in [0.25, 0.3) is 0 Å². The van der Waals surface area contributed by atoms with Gasteiger partial charge in [0, 0.05) is 24.4 Å². The minimum absolute atomic E-state index is 0. The molecular formula is C14H21ClN2O. The first-order chi connectivity index (χ1) is 8.22. The summed E-state index contributed by atoms with van der Waals surface area (Å²) >= 11 is 0. The van der Waals surface area contributed by atoms with Gasteiger partial charge in [-0.3, -0.25) is 4.79 Å². The van der Waals surface area contributed by atoms with Gasteiger partial charge in [-0.1, -0.05) is 37.3 Å². The Kier molecular flexibility index (Phi) is 5.63. The van der Waals surface area contributed by atoms with Gasteiger partial charge in [-0.2, -0.15) is 0 Å². The fraction of sp³-hybridized carbons (Fsp3) is 0.500. The van der Waals surface area contributed by atoms with Gasteiger partial charge in [0.25, 0.3) is 0 Å². The van der Waals surface area contributed by atoms with Crippen molar-refractivity contribution in [2.45, 2.75) is 25.3 Å². The highest BCUT2D eigenvalue weighted by Gasteiger charge is 2.39. The van der Waals surface area contributed by atoms with E-state index in [2.05, 4.69) is 34.9 Å². The third-order valence-corrected chi connectivity index (χ3v) is 3.30. The van der Waals surface area contributed by atoms with Gasteiger partial charge >= 0.3 is 0 Å². The predicted octanol–water partition coefficient (Wildman–Crippen LogP) is 1.94. The van der Waals surface area contributed by atoms with E-state index >= 15 is 0 Å². The molecule has 3 unspecified atom stereocenters. The molecule has 0 aliphatic heterocycles. The Morgan fingerprint density at radius 2 is 2.06 bits per heavy atom. The van der Waals surface area contributed by atoms with E-state index in [1.807, 2.05) is 20.0 Å². The number of hydrogen-bond acceptors (Lipinski definition) is 2. The van der Waals surface area contributed by atoms with Crippen molar-refractivity contribution in [2.24, 2.45) is 5.92 Å². The van der Waals surface area contributed by atoms with E-state index in [4.69, 9.17) is 0 Å². The van der Waals surface area contributed by atoms with Gasteiger partial charge < -0.3 is 10.6 Å². The molecule has 1 saturated carbocycles. The van der Waals surface area contributed by atoms with Crippen molar-refractivity contribution in [2.75, 3.05) is 13.6 Å². The molecule has 0 radical (unpaired) electrons. The highest BCUT2D eigenvalue weighted by molar-refractivity contribution is 5.85. The summed E-state index contributed by atoms with van der Waals surface area (Å²) in [5, 5.41) is 6.13. The van der Waals surface area contributed by atoms with Crippen LogP contribution in [0.2, 0.25) is 0 Å². The molecule has 0 spiro atoms. The maximum Gasteiger partial charge on any atom is 0.224 e. The average molecular weight is 269 g/mol. The minimum atomic E-state index is 0. The Morgan fingerprint density at radius 3 is 2.67 bits per heavy atom. The molecule has 3 atom stereocenters. The lowest BCUT2D eigenvalue weighted by Gasteiger charge is -2.11. The van der Waals surface area contributed by atoms with Crippen LogP contribution < -0.4 is 10.6 Å². The molecule has 0 aromatic heterocycles. The molecule has 1 aliphatic carbocycles. The number of hydrogen-bond donors (Lipinski definition) is 2. The maximum absolute atomic E-state index is 11.8. The van der Waals surface area contributed by atoms with Crippen molar-refractivity contribution < 1.29 is 4.79 Å². The van der Waals surface area contributed by atoms with E-state index in [9.17, 15) is 4.79 Å². The molecule has 1 fully saturated rings. The number of carbonyl (C=O) groups excluding carboxylic acids is 1. The highest BCUT2D eigenvalue weighted by atomic mass is 35.5. The summed E-state index contributed by atoms with van der Waals surface area (Å²) in [4.78, 5) is 11.8. The molecule has 1 amide bonds. The first-order valence-corrected chi connectivity index (χ1v) is 6.22. The van der Waals surface area contributed by atoms with E-state index in [-0.39, 0.29) is 24.2 Å². The quantitative estimate of drug-likeness (QED) is 0.857. The molecule has 1 aromatic carbocycles. The lowest BCUT2D eigenvalue weighted by molar-refractivity contribution is -0.124. The van der Waals surface area contributed by atoms with E-state index in [1.165, 1.54) is 5.56 Å². The summed E-state index contributed by atoms with van der Waals surface area (Å²) in [5.74, 6) is 0.710. The van der Waals surface area contributed by atoms with E-state index in [0.717, 1.165) is 13.0 Å². The lowest BCUT2D eigenvalue weighted by Crippen LogP contribution is -2.36. The Hall–Kier alpha value is -1.06. The Bertz CT molecular complexity index is 383. The standard InChI is InChI=1S/C14H20N2O.ClH/c1-10(9-15-2)14(17)16-13-8-12(13)11-6-4-3-5-7-11;/h3-7,10,12-13,15H,8-9H2,1-2H3,(H,16,17);1H. The largest absolute Gasteiger partial charge is 0.352 e. The van der Waals surface area contributed by atoms with Gasteiger partial charge in [0.1, 0.15) is 0 Å². The normalized spacial score (nSPS) is 22.8. The lowest BCUT2D eigenvalue weighted by atomic mass is 10.1. The number of amides is 1. The SMILES string of the molecule is CNCC(C)C(=O)NC1CC1c1ccccc1.Cl. The van der Waals surface area contributed by atoms with Gasteiger partial charge in [-0.05, 0) is 19.0 Å². The Balaban J connectivity index is 0.00000162. The second-order valence-corrected chi connectivity index (χ2v) is 4.83. The van der Waals surface area contributed by atoms with Crippen LogP contribution in [0, 0.1) is 5.92 Å². The van der Waals surface area contributed by atoms with Crippen LogP contribution in [0.3, 0.4) is 0 Å². The molecule has 2 rings (SSSR count). The minimum Gasteiger partial charge on any atom is -0.352 e. The van der Waals surface area contributed by atoms with Crippen molar-refractivity contribution in [3.63, 3.8) is 0 Å². The van der Waals surface area contributed by atoms with E-state index in [1.54, 1.807) is 0 Å². The van der Waals surface area contributed by atoms with Crippen molar-refractivity contribution in [1.82, 2.24) is 10.6 Å². The summed E-state index contributed by atoms with van der Waals surface area (Å²) in [6.45, 7) is 2.68. The molecule has 0 heterocycles. The van der Waals surface area contributed by atoms with Gasteiger partial charge in [0.05, 0.1) is 0 Å². The van der Waals surface area contributed by atoms with E-state index < -0.39 is 0 Å². The van der Waals surface area contributed by atoms with Crippen LogP contribution in [0.5, 0.6) is 0 Å². The number of benzene rings is 1. The second-order valence-electron chi connectivity index (χ2n) is 4.83. The molecule has 100 valence electrons. The zero-order chi connectivity index (χ0) is 12.3. The van der Waals surface area contributed by atoms with Gasteiger partial charge in [-0.25, -0.2) is 0 Å². The summed E-state index contributed by atoms with van der Waals surface area (Å²) in [7, 11) is 1.87. The first-order valence-electron chi connectivity index (χ1n) is 6.22. The molecular weight excluding hydrogens is 248 g/mol. The molecule has 1 aromatic rings. The summed E-state index contributed by atoms with van der Waals surface area (Å²) in [6, 6.07) is 10.7. The first kappa shape index (κ1) is 15.0. The molecule has 3 nitrogen and oxygen atoms in total. The zero-order valence-electron chi connectivity index (χ0n) is 10.8. The third kappa shape index (κ3) is 3.72. The Labute approximate surface area is 115 Å². The fourth-order valence-corrected chi connectivity index (χ4v) is 2.15. The van der Waals surface area contributed by atoms with Crippen LogP contribution in [0.15, 0.2) is 30.3 Å². The smallest absolute Gasteiger partial charge is 0.224 e. The molecule has 18 heavy (non-hydrogen) atoms. The fourth-order valence-electron chi connectivity index (χ4n) is 2.15. The number of rotatable bonds is 5. The zero-order valence-corrected chi connectivity index (χ0v) is 11.7. The maximum atomic E-state index is 11.8. The second kappa shape index (κ2) is 6.76. The highest BCUT2D eigenvalue weighted by Crippen LogP contribution is 2.40. The van der Waals surface area contributed by atoms with E-state index in [0.29, 0.717) is 12.0 Å². The molecule has 0 saturated heterocycles. The van der Waals surface area contributed by atoms with Crippen LogP contribution in [-0.4, -0.2) is 25.5 Å². The Morgan fingerprint density at radius 1 is 1.39 bits per heavy atom. The number of halogens is 1. The summed E-state index contributed by atoms with van der Waals surface area (Å²) in [6.07, 6.45) is 1.07. The van der Waals surface area contributed by atoms with Crippen molar-refractivity contribution >= 4 is 18.3 Å². The predicted molar refractivity (Wildman–Crippen MR) is 76.1 cm³/mol. The van der Waals surface area contributed by atoms with Gasteiger partial charge in [0.2, 0.25) is 5.91 Å². The van der Waals surface area contributed by atoms with Gasteiger partial charge in [0.15, 0.2) is 0 Å². The van der Waals surface area contributed by atoms with Crippen molar-refractivity contribution in [3.05, 3.63) is 35.9 Å². The van der Waals surface area contributed by atoms with Crippen LogP contribution >= 0.6 is 12.4 Å². The third-order valence-electron chi connectivity index (χ3n) is 3.30. The van der Waals surface area contributed by atoms with Crippen LogP contribution in [0.4, 0.5) is 0 Å². The topological polar surface area (TPSA) is 41.1 Å². The molecule has 4 heteroatoms. The average Bonchev–Trinajstić information content (AvgIpc) is 3.10.